The minimum absolute atomic E-state index is 0.179. The smallest absolute Gasteiger partial charge is 0.177 e. The van der Waals surface area contributed by atoms with Crippen LogP contribution in [-0.2, 0) is 0 Å². The number of hydrogen-bond acceptors (Lipinski definition) is 3. The van der Waals surface area contributed by atoms with E-state index in [0.717, 1.165) is 16.8 Å². The fourth-order valence-corrected chi connectivity index (χ4v) is 2.93. The molecule has 0 aliphatic carbocycles. The van der Waals surface area contributed by atoms with E-state index in [-0.39, 0.29) is 5.75 Å². The van der Waals surface area contributed by atoms with Crippen molar-refractivity contribution in [2.45, 2.75) is 6.92 Å². The third kappa shape index (κ3) is 3.51. The van der Waals surface area contributed by atoms with Crippen LogP contribution in [0.15, 0.2) is 84.9 Å². The van der Waals surface area contributed by atoms with Gasteiger partial charge in [-0.15, -0.1) is 5.10 Å². The highest BCUT2D eigenvalue weighted by Crippen LogP contribution is 2.30. The van der Waals surface area contributed by atoms with Crippen molar-refractivity contribution < 1.29 is 5.11 Å². The molecule has 4 heteroatoms. The second-order valence-corrected chi connectivity index (χ2v) is 6.26. The number of phenols is 1. The highest BCUT2D eigenvalue weighted by atomic mass is 16.3. The summed E-state index contributed by atoms with van der Waals surface area (Å²) < 4.78 is 1.77. The van der Waals surface area contributed by atoms with Gasteiger partial charge < -0.3 is 5.11 Å². The predicted molar refractivity (Wildman–Crippen MR) is 108 cm³/mol. The van der Waals surface area contributed by atoms with Crippen LogP contribution in [0.2, 0.25) is 0 Å². The Morgan fingerprint density at radius 1 is 0.852 bits per heavy atom. The van der Waals surface area contributed by atoms with Crippen molar-refractivity contribution >= 4 is 11.6 Å². The molecule has 1 N–H and O–H groups in total. The molecular formula is C23H19N3O. The van der Waals surface area contributed by atoms with E-state index in [2.05, 4.69) is 6.08 Å². The zero-order valence-electron chi connectivity index (χ0n) is 14.9. The van der Waals surface area contributed by atoms with Gasteiger partial charge in [-0.3, -0.25) is 0 Å². The van der Waals surface area contributed by atoms with Gasteiger partial charge in [0.1, 0.15) is 5.75 Å². The van der Waals surface area contributed by atoms with Gasteiger partial charge in [-0.2, -0.15) is 0 Å². The van der Waals surface area contributed by atoms with E-state index in [1.54, 1.807) is 16.8 Å². The third-order valence-electron chi connectivity index (χ3n) is 4.29. The van der Waals surface area contributed by atoms with Crippen LogP contribution >= 0.6 is 0 Å². The molecule has 0 aliphatic heterocycles. The lowest BCUT2D eigenvalue weighted by atomic mass is 10.1. The maximum atomic E-state index is 10.3. The van der Waals surface area contributed by atoms with Crippen LogP contribution in [0.3, 0.4) is 0 Å². The molecule has 0 unspecified atom stereocenters. The lowest BCUT2D eigenvalue weighted by Crippen LogP contribution is -1.99. The zero-order valence-corrected chi connectivity index (χ0v) is 14.9. The topological polar surface area (TPSA) is 50.9 Å². The minimum atomic E-state index is 0.179. The molecule has 0 aliphatic rings. The Balaban J connectivity index is 1.86. The highest BCUT2D eigenvalue weighted by Gasteiger charge is 2.17. The van der Waals surface area contributed by atoms with Crippen molar-refractivity contribution in [3.8, 4) is 22.8 Å². The van der Waals surface area contributed by atoms with Crippen molar-refractivity contribution in [3.05, 3.63) is 96.3 Å². The van der Waals surface area contributed by atoms with Gasteiger partial charge in [0.05, 0.1) is 11.3 Å². The number of benzene rings is 3. The molecule has 1 heterocycles. The Morgan fingerprint density at radius 3 is 2.19 bits per heavy atom. The Kier molecular flexibility index (Phi) is 4.54. The number of allylic oxidation sites excluding steroid dienone is 1. The first-order chi connectivity index (χ1) is 13.2. The molecule has 0 saturated heterocycles. The molecule has 4 aromatic rings. The summed E-state index contributed by atoms with van der Waals surface area (Å²) >= 11 is 0. The second-order valence-electron chi connectivity index (χ2n) is 6.26. The average Bonchev–Trinajstić information content (AvgIpc) is 3.15. The van der Waals surface area contributed by atoms with Crippen molar-refractivity contribution in [2.75, 3.05) is 0 Å². The first-order valence-electron chi connectivity index (χ1n) is 8.77. The summed E-state index contributed by atoms with van der Waals surface area (Å²) in [6.45, 7) is 1.99. The summed E-state index contributed by atoms with van der Waals surface area (Å²) in [6.07, 6.45) is 2.05. The molecule has 4 rings (SSSR count). The van der Waals surface area contributed by atoms with Crippen molar-refractivity contribution in [1.29, 1.82) is 0 Å². The van der Waals surface area contributed by atoms with Gasteiger partial charge in [-0.1, -0.05) is 60.7 Å². The number of phenolic OH excluding ortho intramolecular Hbond substituents is 1. The van der Waals surface area contributed by atoms with Crippen LogP contribution in [0.5, 0.6) is 5.75 Å². The summed E-state index contributed by atoms with van der Waals surface area (Å²) in [5.41, 5.74) is 3.58. The molecule has 0 atom stereocenters. The molecule has 27 heavy (non-hydrogen) atoms. The molecule has 0 fully saturated rings. The van der Waals surface area contributed by atoms with Crippen LogP contribution < -0.4 is 0 Å². The van der Waals surface area contributed by atoms with Crippen molar-refractivity contribution in [2.24, 2.45) is 0 Å². The quantitative estimate of drug-likeness (QED) is 0.548. The summed E-state index contributed by atoms with van der Waals surface area (Å²) in [7, 11) is 0. The molecule has 0 radical (unpaired) electrons. The van der Waals surface area contributed by atoms with E-state index in [1.807, 2.05) is 79.7 Å². The third-order valence-corrected chi connectivity index (χ3v) is 4.29. The molecule has 132 valence electrons. The van der Waals surface area contributed by atoms with E-state index in [1.165, 1.54) is 0 Å². The maximum absolute atomic E-state index is 10.3. The van der Waals surface area contributed by atoms with Crippen molar-refractivity contribution in [1.82, 2.24) is 14.8 Å². The summed E-state index contributed by atoms with van der Waals surface area (Å²) in [5, 5.41) is 15.0. The Bertz CT molecular complexity index is 1080. The Labute approximate surface area is 158 Å². The number of rotatable bonds is 4. The largest absolute Gasteiger partial charge is 0.507 e. The molecule has 0 amide bonds. The summed E-state index contributed by atoms with van der Waals surface area (Å²) in [5.74, 6) is 1.41. The van der Waals surface area contributed by atoms with Crippen LogP contribution in [0.25, 0.3) is 28.7 Å². The van der Waals surface area contributed by atoms with Gasteiger partial charge in [0.25, 0.3) is 0 Å². The summed E-state index contributed by atoms with van der Waals surface area (Å²) in [4.78, 5) is 4.74. The SMILES string of the molecule is C/C(=C\c1ccccc1)c1nc(-c2ccccc2O)n(-c2ccccc2)n1. The zero-order chi connectivity index (χ0) is 18.6. The normalized spacial score (nSPS) is 11.5. The molecule has 4 nitrogen and oxygen atoms in total. The monoisotopic (exact) mass is 353 g/mol. The molecule has 3 aromatic carbocycles. The second kappa shape index (κ2) is 7.30. The first-order valence-corrected chi connectivity index (χ1v) is 8.77. The van der Waals surface area contributed by atoms with E-state index in [4.69, 9.17) is 10.1 Å². The number of para-hydroxylation sites is 2. The van der Waals surface area contributed by atoms with Gasteiger partial charge in [0, 0.05) is 0 Å². The van der Waals surface area contributed by atoms with Crippen LogP contribution in [0.1, 0.15) is 18.3 Å². The van der Waals surface area contributed by atoms with Gasteiger partial charge in [-0.05, 0) is 48.4 Å². The molecule has 0 spiro atoms. The summed E-state index contributed by atoms with van der Waals surface area (Å²) in [6, 6.07) is 27.1. The van der Waals surface area contributed by atoms with Crippen LogP contribution in [0, 0.1) is 0 Å². The van der Waals surface area contributed by atoms with Gasteiger partial charge in [0.15, 0.2) is 11.6 Å². The number of nitrogens with zero attached hydrogens (tertiary/aromatic N) is 3. The van der Waals surface area contributed by atoms with Gasteiger partial charge in [-0.25, -0.2) is 9.67 Å². The van der Waals surface area contributed by atoms with E-state index >= 15 is 0 Å². The first kappa shape index (κ1) is 16.8. The number of hydrogen-bond donors (Lipinski definition) is 1. The van der Waals surface area contributed by atoms with E-state index < -0.39 is 0 Å². The lowest BCUT2D eigenvalue weighted by molar-refractivity contribution is 0.476. The molecule has 1 aromatic heterocycles. The van der Waals surface area contributed by atoms with E-state index in [9.17, 15) is 5.11 Å². The van der Waals surface area contributed by atoms with E-state index in [0.29, 0.717) is 17.2 Å². The fourth-order valence-electron chi connectivity index (χ4n) is 2.93. The molecule has 0 bridgehead atoms. The maximum Gasteiger partial charge on any atom is 0.177 e. The Hall–Kier alpha value is -3.66. The number of aromatic hydroxyl groups is 1. The molecular weight excluding hydrogens is 334 g/mol. The fraction of sp³-hybridized carbons (Fsp3) is 0.0435. The molecule has 0 saturated carbocycles. The standard InChI is InChI=1S/C23H19N3O/c1-17(16-18-10-4-2-5-11-18)22-24-23(20-14-8-9-15-21(20)27)26(25-22)19-12-6-3-7-13-19/h2-16,27H,1H3/b17-16+. The van der Waals surface area contributed by atoms with Crippen LogP contribution in [-0.4, -0.2) is 19.9 Å². The van der Waals surface area contributed by atoms with Gasteiger partial charge in [0.2, 0.25) is 0 Å². The average molecular weight is 353 g/mol. The number of aromatic nitrogens is 3. The predicted octanol–water partition coefficient (Wildman–Crippen LogP) is 5.20. The lowest BCUT2D eigenvalue weighted by Gasteiger charge is -2.06. The minimum Gasteiger partial charge on any atom is -0.507 e. The Morgan fingerprint density at radius 2 is 1.48 bits per heavy atom. The van der Waals surface area contributed by atoms with Gasteiger partial charge >= 0.3 is 0 Å². The highest BCUT2D eigenvalue weighted by molar-refractivity contribution is 5.78. The van der Waals surface area contributed by atoms with Crippen molar-refractivity contribution in [3.63, 3.8) is 0 Å². The van der Waals surface area contributed by atoms with Crippen LogP contribution in [0.4, 0.5) is 0 Å².